The first-order valence-electron chi connectivity index (χ1n) is 4.74. The molecule has 0 fully saturated rings. The highest BCUT2D eigenvalue weighted by molar-refractivity contribution is 5.63. The number of nitrogens with zero attached hydrogens (tertiary/aromatic N) is 2. The summed E-state index contributed by atoms with van der Waals surface area (Å²) in [6.07, 6.45) is 0. The van der Waals surface area contributed by atoms with Crippen molar-refractivity contribution < 1.29 is 10.2 Å². The molecule has 3 N–H and O–H groups in total. The molecule has 0 saturated carbocycles. The van der Waals surface area contributed by atoms with Gasteiger partial charge in [0.15, 0.2) is 0 Å². The third-order valence-corrected chi connectivity index (χ3v) is 2.12. The van der Waals surface area contributed by atoms with Crippen molar-refractivity contribution in [1.29, 1.82) is 0 Å². The summed E-state index contributed by atoms with van der Waals surface area (Å²) in [5.41, 5.74) is 1.21. The van der Waals surface area contributed by atoms with Gasteiger partial charge in [0.05, 0.1) is 5.69 Å². The van der Waals surface area contributed by atoms with E-state index in [0.29, 0.717) is 17.1 Å². The molecule has 16 heavy (non-hydrogen) atoms. The van der Waals surface area contributed by atoms with Crippen LogP contribution in [0.25, 0.3) is 11.3 Å². The van der Waals surface area contributed by atoms with E-state index in [2.05, 4.69) is 15.5 Å². The molecule has 0 aliphatic carbocycles. The van der Waals surface area contributed by atoms with Crippen LogP contribution in [0.1, 0.15) is 0 Å². The highest BCUT2D eigenvalue weighted by Crippen LogP contribution is 2.27. The molecule has 0 amide bonds. The van der Waals surface area contributed by atoms with Crippen molar-refractivity contribution in [1.82, 2.24) is 10.2 Å². The Morgan fingerprint density at radius 2 is 1.69 bits per heavy atom. The normalized spacial score (nSPS) is 10.1. The van der Waals surface area contributed by atoms with Gasteiger partial charge in [-0.3, -0.25) is 0 Å². The van der Waals surface area contributed by atoms with Crippen LogP contribution in [-0.2, 0) is 0 Å². The zero-order chi connectivity index (χ0) is 11.5. The summed E-state index contributed by atoms with van der Waals surface area (Å²) >= 11 is 0. The molecule has 0 atom stereocenters. The summed E-state index contributed by atoms with van der Waals surface area (Å²) in [7, 11) is 1.75. The molecular formula is C11H11N3O2. The number of rotatable bonds is 2. The van der Waals surface area contributed by atoms with Crippen LogP contribution in [-0.4, -0.2) is 27.5 Å². The van der Waals surface area contributed by atoms with Gasteiger partial charge in [-0.15, -0.1) is 10.2 Å². The van der Waals surface area contributed by atoms with Gasteiger partial charge in [0.2, 0.25) is 0 Å². The number of anilines is 1. The lowest BCUT2D eigenvalue weighted by atomic mass is 10.1. The first kappa shape index (κ1) is 10.2. The molecule has 0 radical (unpaired) electrons. The molecule has 2 rings (SSSR count). The van der Waals surface area contributed by atoms with Crippen LogP contribution >= 0.6 is 0 Å². The van der Waals surface area contributed by atoms with Gasteiger partial charge in [-0.2, -0.15) is 0 Å². The highest BCUT2D eigenvalue weighted by atomic mass is 16.3. The van der Waals surface area contributed by atoms with Crippen molar-refractivity contribution in [3.8, 4) is 22.8 Å². The van der Waals surface area contributed by atoms with E-state index < -0.39 is 0 Å². The standard InChI is InChI=1S/C11H11N3O2/c1-12-11-3-2-10(13-14-11)7-4-8(15)6-9(16)5-7/h2-6,15-16H,1H3,(H,12,14). The molecule has 0 saturated heterocycles. The summed E-state index contributed by atoms with van der Waals surface area (Å²) in [5, 5.41) is 29.4. The van der Waals surface area contributed by atoms with Gasteiger partial charge in [0, 0.05) is 18.7 Å². The van der Waals surface area contributed by atoms with E-state index in [1.165, 1.54) is 18.2 Å². The molecular weight excluding hydrogens is 206 g/mol. The molecule has 1 aromatic carbocycles. The van der Waals surface area contributed by atoms with E-state index in [1.54, 1.807) is 19.2 Å². The van der Waals surface area contributed by atoms with Gasteiger partial charge in [-0.1, -0.05) is 0 Å². The predicted molar refractivity (Wildman–Crippen MR) is 60.3 cm³/mol. The van der Waals surface area contributed by atoms with Crippen LogP contribution in [0.3, 0.4) is 0 Å². The quantitative estimate of drug-likeness (QED) is 0.712. The summed E-state index contributed by atoms with van der Waals surface area (Å²) in [4.78, 5) is 0. The average molecular weight is 217 g/mol. The number of aromatic hydroxyl groups is 2. The van der Waals surface area contributed by atoms with Crippen LogP contribution in [0.15, 0.2) is 30.3 Å². The van der Waals surface area contributed by atoms with E-state index in [0.717, 1.165) is 0 Å². The molecule has 0 aliphatic heterocycles. The zero-order valence-corrected chi connectivity index (χ0v) is 8.68. The summed E-state index contributed by atoms with van der Waals surface area (Å²) in [5.74, 6) is 0.650. The van der Waals surface area contributed by atoms with Crippen LogP contribution in [0.4, 0.5) is 5.82 Å². The Labute approximate surface area is 92.4 Å². The Kier molecular flexibility index (Phi) is 2.59. The third-order valence-electron chi connectivity index (χ3n) is 2.12. The van der Waals surface area contributed by atoms with Crippen LogP contribution in [0.5, 0.6) is 11.5 Å². The number of benzene rings is 1. The summed E-state index contributed by atoms with van der Waals surface area (Å²) in [6, 6.07) is 7.82. The van der Waals surface area contributed by atoms with Crippen molar-refractivity contribution in [2.75, 3.05) is 12.4 Å². The second-order valence-corrected chi connectivity index (χ2v) is 3.29. The molecule has 0 spiro atoms. The maximum atomic E-state index is 9.34. The fourth-order valence-electron chi connectivity index (χ4n) is 1.36. The Balaban J connectivity index is 2.42. The summed E-state index contributed by atoms with van der Waals surface area (Å²) in [6.45, 7) is 0. The fraction of sp³-hybridized carbons (Fsp3) is 0.0909. The van der Waals surface area contributed by atoms with E-state index >= 15 is 0 Å². The van der Waals surface area contributed by atoms with Crippen molar-refractivity contribution in [2.24, 2.45) is 0 Å². The molecule has 82 valence electrons. The van der Waals surface area contributed by atoms with E-state index in [1.807, 2.05) is 0 Å². The number of aromatic nitrogens is 2. The second kappa shape index (κ2) is 4.06. The lowest BCUT2D eigenvalue weighted by molar-refractivity contribution is 0.451. The molecule has 2 aromatic rings. The number of phenols is 2. The minimum Gasteiger partial charge on any atom is -0.508 e. The van der Waals surface area contributed by atoms with Gasteiger partial charge in [-0.05, 0) is 24.3 Å². The van der Waals surface area contributed by atoms with Crippen LogP contribution in [0, 0.1) is 0 Å². The van der Waals surface area contributed by atoms with Gasteiger partial charge >= 0.3 is 0 Å². The topological polar surface area (TPSA) is 78.3 Å². The second-order valence-electron chi connectivity index (χ2n) is 3.29. The van der Waals surface area contributed by atoms with Gasteiger partial charge in [0.1, 0.15) is 17.3 Å². The highest BCUT2D eigenvalue weighted by Gasteiger charge is 2.04. The van der Waals surface area contributed by atoms with Crippen molar-refractivity contribution in [2.45, 2.75) is 0 Å². The van der Waals surface area contributed by atoms with Crippen molar-refractivity contribution >= 4 is 5.82 Å². The average Bonchev–Trinajstić information content (AvgIpc) is 2.28. The van der Waals surface area contributed by atoms with Crippen LogP contribution < -0.4 is 5.32 Å². The molecule has 1 aromatic heterocycles. The lowest BCUT2D eigenvalue weighted by Crippen LogP contribution is -1.95. The number of hydrogen-bond donors (Lipinski definition) is 3. The smallest absolute Gasteiger partial charge is 0.148 e. The predicted octanol–water partition coefficient (Wildman–Crippen LogP) is 1.60. The van der Waals surface area contributed by atoms with Gasteiger partial charge < -0.3 is 15.5 Å². The van der Waals surface area contributed by atoms with E-state index in [-0.39, 0.29) is 11.5 Å². The molecule has 0 unspecified atom stereocenters. The molecule has 5 nitrogen and oxygen atoms in total. The number of hydrogen-bond acceptors (Lipinski definition) is 5. The van der Waals surface area contributed by atoms with Gasteiger partial charge in [0.25, 0.3) is 0 Å². The SMILES string of the molecule is CNc1ccc(-c2cc(O)cc(O)c2)nn1. The zero-order valence-electron chi connectivity index (χ0n) is 8.68. The maximum absolute atomic E-state index is 9.34. The first-order valence-corrected chi connectivity index (χ1v) is 4.74. The molecule has 0 aliphatic rings. The minimum atomic E-state index is -0.00510. The monoisotopic (exact) mass is 217 g/mol. The van der Waals surface area contributed by atoms with E-state index in [9.17, 15) is 10.2 Å². The van der Waals surface area contributed by atoms with Gasteiger partial charge in [-0.25, -0.2) is 0 Å². The Bertz CT molecular complexity index is 477. The number of nitrogens with one attached hydrogen (secondary N) is 1. The Hall–Kier alpha value is -2.30. The van der Waals surface area contributed by atoms with Crippen LogP contribution in [0.2, 0.25) is 0 Å². The maximum Gasteiger partial charge on any atom is 0.148 e. The largest absolute Gasteiger partial charge is 0.508 e. The first-order chi connectivity index (χ1) is 7.69. The Morgan fingerprint density at radius 1 is 1.00 bits per heavy atom. The lowest BCUT2D eigenvalue weighted by Gasteiger charge is -2.03. The third kappa shape index (κ3) is 2.03. The fourth-order valence-corrected chi connectivity index (χ4v) is 1.36. The Morgan fingerprint density at radius 3 is 2.19 bits per heavy atom. The molecule has 0 bridgehead atoms. The van der Waals surface area contributed by atoms with Crippen molar-refractivity contribution in [3.63, 3.8) is 0 Å². The van der Waals surface area contributed by atoms with Crippen molar-refractivity contribution in [3.05, 3.63) is 30.3 Å². The number of phenolic OH excluding ortho intramolecular Hbond substituents is 2. The summed E-state index contributed by atoms with van der Waals surface area (Å²) < 4.78 is 0. The minimum absolute atomic E-state index is 0.00510. The molecule has 1 heterocycles. The molecule has 5 heteroatoms. The van der Waals surface area contributed by atoms with E-state index in [4.69, 9.17) is 0 Å².